The second kappa shape index (κ2) is 19.4. The van der Waals surface area contributed by atoms with Gasteiger partial charge in [-0.2, -0.15) is 0 Å². The first-order valence-corrected chi connectivity index (χ1v) is 16.1. The van der Waals surface area contributed by atoms with E-state index in [1.807, 2.05) is 0 Å². The van der Waals surface area contributed by atoms with Gasteiger partial charge in [0.25, 0.3) is 0 Å². The SMILES string of the molecule is CCCCCCCCCCCCCCCCCCN1CCCN2CCC[N+](C)=C12.CS(=O)(=O)[O-]. The zero-order valence-electron chi connectivity index (χ0n) is 22.7. The highest BCUT2D eigenvalue weighted by Gasteiger charge is 2.34. The lowest BCUT2D eigenvalue weighted by molar-refractivity contribution is -0.515. The summed E-state index contributed by atoms with van der Waals surface area (Å²) in [5.74, 6) is 1.53. The Morgan fingerprint density at radius 1 is 0.735 bits per heavy atom. The lowest BCUT2D eigenvalue weighted by atomic mass is 10.0. The number of hydrogen-bond acceptors (Lipinski definition) is 5. The van der Waals surface area contributed by atoms with E-state index >= 15 is 0 Å². The van der Waals surface area contributed by atoms with Crippen LogP contribution in [0.15, 0.2) is 0 Å². The van der Waals surface area contributed by atoms with Crippen LogP contribution in [0.2, 0.25) is 0 Å². The fourth-order valence-corrected chi connectivity index (χ4v) is 5.21. The first-order chi connectivity index (χ1) is 16.3. The molecule has 0 atom stereocenters. The molecular formula is C27H55N3O3S. The molecule has 7 heteroatoms. The molecule has 0 aromatic carbocycles. The van der Waals surface area contributed by atoms with Gasteiger partial charge in [0.1, 0.15) is 0 Å². The van der Waals surface area contributed by atoms with E-state index in [9.17, 15) is 0 Å². The fraction of sp³-hybridized carbons (Fsp3) is 0.963. The Kier molecular flexibility index (Phi) is 17.8. The molecule has 202 valence electrons. The van der Waals surface area contributed by atoms with Crippen LogP contribution in [0.1, 0.15) is 122 Å². The average Bonchev–Trinajstić information content (AvgIpc) is 2.78. The van der Waals surface area contributed by atoms with E-state index in [0.717, 1.165) is 0 Å². The third-order valence-electron chi connectivity index (χ3n) is 6.97. The van der Waals surface area contributed by atoms with Crippen molar-refractivity contribution in [3.05, 3.63) is 0 Å². The van der Waals surface area contributed by atoms with Gasteiger partial charge in [-0.15, -0.1) is 0 Å². The molecule has 0 aromatic rings. The predicted octanol–water partition coefficient (Wildman–Crippen LogP) is 5.82. The van der Waals surface area contributed by atoms with E-state index in [2.05, 4.69) is 28.3 Å². The van der Waals surface area contributed by atoms with Crippen molar-refractivity contribution < 1.29 is 17.5 Å². The largest absolute Gasteiger partial charge is 0.748 e. The third kappa shape index (κ3) is 16.7. The molecule has 1 saturated heterocycles. The fourth-order valence-electron chi connectivity index (χ4n) is 5.21. The number of unbranched alkanes of at least 4 members (excludes halogenated alkanes) is 15. The third-order valence-corrected chi connectivity index (χ3v) is 6.97. The molecule has 0 saturated carbocycles. The van der Waals surface area contributed by atoms with Crippen molar-refractivity contribution in [2.24, 2.45) is 0 Å². The predicted molar refractivity (Wildman–Crippen MR) is 144 cm³/mol. The van der Waals surface area contributed by atoms with Gasteiger partial charge in [-0.3, -0.25) is 14.4 Å². The Hall–Kier alpha value is -0.820. The highest BCUT2D eigenvalue weighted by atomic mass is 32.2. The lowest BCUT2D eigenvalue weighted by Crippen LogP contribution is -2.57. The van der Waals surface area contributed by atoms with Gasteiger partial charge < -0.3 is 4.55 Å². The Morgan fingerprint density at radius 3 is 1.62 bits per heavy atom. The molecule has 0 radical (unpaired) electrons. The molecular weight excluding hydrogens is 446 g/mol. The monoisotopic (exact) mass is 501 g/mol. The molecule has 2 aliphatic heterocycles. The minimum atomic E-state index is -3.92. The van der Waals surface area contributed by atoms with Gasteiger partial charge in [0.2, 0.25) is 0 Å². The molecule has 0 bridgehead atoms. The van der Waals surface area contributed by atoms with Gasteiger partial charge >= 0.3 is 5.96 Å². The van der Waals surface area contributed by atoms with Crippen LogP contribution in [0, 0.1) is 0 Å². The second-order valence-electron chi connectivity index (χ2n) is 10.4. The molecule has 1 fully saturated rings. The van der Waals surface area contributed by atoms with Crippen molar-refractivity contribution >= 4 is 16.1 Å². The maximum absolute atomic E-state index is 9.08. The van der Waals surface area contributed by atoms with Crippen LogP contribution in [-0.4, -0.2) is 79.3 Å². The van der Waals surface area contributed by atoms with Crippen molar-refractivity contribution in [2.45, 2.75) is 122 Å². The summed E-state index contributed by atoms with van der Waals surface area (Å²) >= 11 is 0. The zero-order chi connectivity index (χ0) is 25.1. The van der Waals surface area contributed by atoms with Crippen molar-refractivity contribution in [1.82, 2.24) is 9.80 Å². The second-order valence-corrected chi connectivity index (χ2v) is 11.8. The molecule has 6 nitrogen and oxygen atoms in total. The molecule has 0 aromatic heterocycles. The van der Waals surface area contributed by atoms with Crippen molar-refractivity contribution in [1.29, 1.82) is 0 Å². The van der Waals surface area contributed by atoms with E-state index in [-0.39, 0.29) is 0 Å². The smallest absolute Gasteiger partial charge is 0.350 e. The summed E-state index contributed by atoms with van der Waals surface area (Å²) in [4.78, 5) is 5.30. The van der Waals surface area contributed by atoms with Gasteiger partial charge in [-0.1, -0.05) is 103 Å². The van der Waals surface area contributed by atoms with Crippen molar-refractivity contribution in [3.8, 4) is 0 Å². The van der Waals surface area contributed by atoms with Gasteiger partial charge in [0, 0.05) is 19.1 Å². The average molecular weight is 502 g/mol. The molecule has 0 aliphatic carbocycles. The summed E-state index contributed by atoms with van der Waals surface area (Å²) in [5.41, 5.74) is 0. The Bertz CT molecular complexity index is 629. The number of hydrogen-bond donors (Lipinski definition) is 0. The topological polar surface area (TPSA) is 66.7 Å². The minimum absolute atomic E-state index is 0.604. The summed E-state index contributed by atoms with van der Waals surface area (Å²) < 4.78 is 29.7. The molecule has 0 N–H and O–H groups in total. The number of rotatable bonds is 17. The van der Waals surface area contributed by atoms with Crippen LogP contribution in [-0.2, 0) is 10.1 Å². The summed E-state index contributed by atoms with van der Waals surface area (Å²) in [5, 5.41) is 0. The van der Waals surface area contributed by atoms with Crippen LogP contribution < -0.4 is 0 Å². The molecule has 0 unspecified atom stereocenters. The van der Waals surface area contributed by atoms with Crippen LogP contribution in [0.25, 0.3) is 0 Å². The Morgan fingerprint density at radius 2 is 1.15 bits per heavy atom. The Balaban J connectivity index is 0.00000104. The van der Waals surface area contributed by atoms with Crippen molar-refractivity contribution in [3.63, 3.8) is 0 Å². The maximum atomic E-state index is 9.08. The van der Waals surface area contributed by atoms with Crippen LogP contribution in [0.4, 0.5) is 0 Å². The molecule has 0 amide bonds. The van der Waals surface area contributed by atoms with Crippen molar-refractivity contribution in [2.75, 3.05) is 46.0 Å². The van der Waals surface area contributed by atoms with Gasteiger partial charge in [-0.25, -0.2) is 8.42 Å². The number of guanidine groups is 1. The number of nitrogens with zero attached hydrogens (tertiary/aromatic N) is 3. The van der Waals surface area contributed by atoms with Crippen LogP contribution in [0.3, 0.4) is 0 Å². The maximum Gasteiger partial charge on any atom is 0.350 e. The normalized spacial score (nSPS) is 16.4. The molecule has 2 aliphatic rings. The summed E-state index contributed by atoms with van der Waals surface area (Å²) in [6.45, 7) is 8.63. The quantitative estimate of drug-likeness (QED) is 0.143. The van der Waals surface area contributed by atoms with Crippen LogP contribution in [0.5, 0.6) is 0 Å². The molecule has 34 heavy (non-hydrogen) atoms. The minimum Gasteiger partial charge on any atom is -0.748 e. The highest BCUT2D eigenvalue weighted by molar-refractivity contribution is 7.84. The van der Waals surface area contributed by atoms with Gasteiger partial charge in [0.15, 0.2) is 0 Å². The first kappa shape index (κ1) is 31.2. The Labute approximate surface area is 211 Å². The first-order valence-electron chi connectivity index (χ1n) is 14.3. The summed E-state index contributed by atoms with van der Waals surface area (Å²) in [6.07, 6.45) is 26.5. The summed E-state index contributed by atoms with van der Waals surface area (Å²) in [6, 6.07) is 0. The van der Waals surface area contributed by atoms with E-state index in [4.69, 9.17) is 13.0 Å². The number of fused-ring (bicyclic) bond motifs is 1. The van der Waals surface area contributed by atoms with E-state index in [1.165, 1.54) is 154 Å². The highest BCUT2D eigenvalue weighted by Crippen LogP contribution is 2.16. The molecule has 2 rings (SSSR count). The molecule has 0 spiro atoms. The standard InChI is InChI=1S/C26H52N3.CH4O3S/c1-3-4-5-6-7-8-9-10-11-12-13-14-15-16-17-18-22-28-24-20-25-29-23-19-21-27(2)26(28)29;1-5(2,3)4/h3-25H2,1-2H3;1H3,(H,2,3,4)/q+1;/p-1. The summed E-state index contributed by atoms with van der Waals surface area (Å²) in [7, 11) is -1.63. The van der Waals surface area contributed by atoms with E-state index in [0.29, 0.717) is 6.26 Å². The zero-order valence-corrected chi connectivity index (χ0v) is 23.6. The van der Waals surface area contributed by atoms with Gasteiger partial charge in [0.05, 0.1) is 49.9 Å². The van der Waals surface area contributed by atoms with E-state index < -0.39 is 10.1 Å². The van der Waals surface area contributed by atoms with Crippen LogP contribution >= 0.6 is 0 Å². The van der Waals surface area contributed by atoms with E-state index in [1.54, 1.807) is 0 Å². The van der Waals surface area contributed by atoms with Gasteiger partial charge in [-0.05, 0) is 6.42 Å². The lowest BCUT2D eigenvalue weighted by Gasteiger charge is -2.36. The molecule has 2 heterocycles.